The predicted molar refractivity (Wildman–Crippen MR) is 78.5 cm³/mol. The normalized spacial score (nSPS) is 11.2. The van der Waals surface area contributed by atoms with Crippen LogP contribution in [0.1, 0.15) is 32.3 Å². The van der Waals surface area contributed by atoms with E-state index in [0.29, 0.717) is 24.1 Å². The molecule has 5 heteroatoms. The van der Waals surface area contributed by atoms with E-state index in [0.717, 1.165) is 0 Å². The van der Waals surface area contributed by atoms with Gasteiger partial charge in [0.05, 0.1) is 11.8 Å². The highest BCUT2D eigenvalue weighted by atomic mass is 16.4. The summed E-state index contributed by atoms with van der Waals surface area (Å²) in [5.74, 6) is -1.08. The largest absolute Gasteiger partial charge is 0.481 e. The SMILES string of the molecule is CCC(CC)(CN)C(=O)Nc1ccccc1CC(=O)O. The van der Waals surface area contributed by atoms with Gasteiger partial charge in [-0.15, -0.1) is 0 Å². The second-order valence-electron chi connectivity index (χ2n) is 4.87. The van der Waals surface area contributed by atoms with Crippen molar-refractivity contribution in [2.45, 2.75) is 33.1 Å². The molecule has 110 valence electrons. The zero-order valence-electron chi connectivity index (χ0n) is 12.0. The maximum Gasteiger partial charge on any atom is 0.307 e. The number of nitrogens with two attached hydrogens (primary N) is 1. The van der Waals surface area contributed by atoms with Gasteiger partial charge < -0.3 is 16.2 Å². The van der Waals surface area contributed by atoms with Gasteiger partial charge in [-0.05, 0) is 24.5 Å². The molecule has 20 heavy (non-hydrogen) atoms. The van der Waals surface area contributed by atoms with Gasteiger partial charge in [-0.25, -0.2) is 0 Å². The molecule has 0 aliphatic rings. The van der Waals surface area contributed by atoms with E-state index in [1.807, 2.05) is 13.8 Å². The minimum absolute atomic E-state index is 0.121. The molecule has 0 heterocycles. The van der Waals surface area contributed by atoms with Gasteiger partial charge in [-0.1, -0.05) is 32.0 Å². The highest BCUT2D eigenvalue weighted by Gasteiger charge is 2.33. The summed E-state index contributed by atoms with van der Waals surface area (Å²) in [6.07, 6.45) is 1.17. The molecule has 0 bridgehead atoms. The number of rotatable bonds is 7. The molecule has 1 aromatic carbocycles. The molecule has 0 aromatic heterocycles. The molecule has 0 unspecified atom stereocenters. The second kappa shape index (κ2) is 7.05. The Balaban J connectivity index is 2.98. The average Bonchev–Trinajstić information content (AvgIpc) is 2.43. The summed E-state index contributed by atoms with van der Waals surface area (Å²) in [5, 5.41) is 11.7. The lowest BCUT2D eigenvalue weighted by atomic mass is 9.81. The van der Waals surface area contributed by atoms with Crippen LogP contribution < -0.4 is 11.1 Å². The summed E-state index contributed by atoms with van der Waals surface area (Å²) in [6.45, 7) is 4.13. The van der Waals surface area contributed by atoms with Gasteiger partial charge in [-0.2, -0.15) is 0 Å². The molecule has 5 nitrogen and oxygen atoms in total. The molecule has 0 saturated carbocycles. The lowest BCUT2D eigenvalue weighted by Crippen LogP contribution is -2.41. The Morgan fingerprint density at radius 1 is 1.25 bits per heavy atom. The van der Waals surface area contributed by atoms with Crippen LogP contribution in [0.25, 0.3) is 0 Å². The standard InChI is InChI=1S/C15H22N2O3/c1-3-15(4-2,10-16)14(20)17-12-8-6-5-7-11(12)9-13(18)19/h5-8H,3-4,9-10,16H2,1-2H3,(H,17,20)(H,18,19). The number of nitrogens with one attached hydrogen (secondary N) is 1. The van der Waals surface area contributed by atoms with Crippen LogP contribution in [0.2, 0.25) is 0 Å². The third-order valence-electron chi connectivity index (χ3n) is 3.83. The zero-order valence-corrected chi connectivity index (χ0v) is 12.0. The first kappa shape index (κ1) is 16.2. The fraction of sp³-hybridized carbons (Fsp3) is 0.467. The number of carboxylic acids is 1. The molecule has 0 spiro atoms. The summed E-state index contributed by atoms with van der Waals surface area (Å²) in [6, 6.07) is 6.93. The Labute approximate surface area is 119 Å². The lowest BCUT2D eigenvalue weighted by Gasteiger charge is -2.29. The Bertz CT molecular complexity index is 473. The average molecular weight is 278 g/mol. The molecule has 1 amide bonds. The molecule has 0 radical (unpaired) electrons. The number of amides is 1. The Kier molecular flexibility index (Phi) is 5.70. The molecule has 0 aliphatic carbocycles. The van der Waals surface area contributed by atoms with Gasteiger partial charge in [0.2, 0.25) is 5.91 Å². The van der Waals surface area contributed by atoms with Crippen LogP contribution in [0.15, 0.2) is 24.3 Å². The summed E-state index contributed by atoms with van der Waals surface area (Å²) in [4.78, 5) is 23.3. The van der Waals surface area contributed by atoms with E-state index in [2.05, 4.69) is 5.32 Å². The van der Waals surface area contributed by atoms with Crippen LogP contribution >= 0.6 is 0 Å². The van der Waals surface area contributed by atoms with Crippen molar-refractivity contribution in [2.75, 3.05) is 11.9 Å². The van der Waals surface area contributed by atoms with Crippen LogP contribution in [0.5, 0.6) is 0 Å². The number of para-hydroxylation sites is 1. The molecule has 1 aromatic rings. The third-order valence-corrected chi connectivity index (χ3v) is 3.83. The molecule has 4 N–H and O–H groups in total. The van der Waals surface area contributed by atoms with Crippen molar-refractivity contribution in [1.29, 1.82) is 0 Å². The highest BCUT2D eigenvalue weighted by molar-refractivity contribution is 5.96. The van der Waals surface area contributed by atoms with Gasteiger partial charge in [0, 0.05) is 12.2 Å². The van der Waals surface area contributed by atoms with E-state index in [1.165, 1.54) is 0 Å². The van der Waals surface area contributed by atoms with E-state index >= 15 is 0 Å². The Morgan fingerprint density at radius 2 is 1.85 bits per heavy atom. The van der Waals surface area contributed by atoms with Crippen LogP contribution in [-0.4, -0.2) is 23.5 Å². The van der Waals surface area contributed by atoms with Gasteiger partial charge in [0.1, 0.15) is 0 Å². The van der Waals surface area contributed by atoms with Gasteiger partial charge >= 0.3 is 5.97 Å². The van der Waals surface area contributed by atoms with Crippen molar-refractivity contribution in [3.63, 3.8) is 0 Å². The number of anilines is 1. The van der Waals surface area contributed by atoms with Crippen LogP contribution in [-0.2, 0) is 16.0 Å². The first-order valence-electron chi connectivity index (χ1n) is 6.80. The lowest BCUT2D eigenvalue weighted by molar-refractivity contribution is -0.136. The molecule has 1 rings (SSSR count). The number of carbonyl (C=O) groups is 2. The van der Waals surface area contributed by atoms with Gasteiger partial charge in [0.25, 0.3) is 0 Å². The third kappa shape index (κ3) is 3.57. The number of carbonyl (C=O) groups excluding carboxylic acids is 1. The second-order valence-corrected chi connectivity index (χ2v) is 4.87. The van der Waals surface area contributed by atoms with Gasteiger partial charge in [0.15, 0.2) is 0 Å². The molecular formula is C15H22N2O3. The molecule has 0 saturated heterocycles. The van der Waals surface area contributed by atoms with Crippen molar-refractivity contribution < 1.29 is 14.7 Å². The van der Waals surface area contributed by atoms with E-state index in [-0.39, 0.29) is 18.9 Å². The van der Waals surface area contributed by atoms with E-state index in [1.54, 1.807) is 24.3 Å². The Morgan fingerprint density at radius 3 is 2.35 bits per heavy atom. The minimum Gasteiger partial charge on any atom is -0.481 e. The number of benzene rings is 1. The van der Waals surface area contributed by atoms with Crippen molar-refractivity contribution in [1.82, 2.24) is 0 Å². The van der Waals surface area contributed by atoms with E-state index < -0.39 is 11.4 Å². The summed E-state index contributed by atoms with van der Waals surface area (Å²) in [5.41, 5.74) is 6.28. The molecule has 0 atom stereocenters. The number of aliphatic carboxylic acids is 1. The minimum atomic E-state index is -0.928. The van der Waals surface area contributed by atoms with Crippen LogP contribution in [0.4, 0.5) is 5.69 Å². The number of carboxylic acid groups (broad SMARTS) is 1. The van der Waals surface area contributed by atoms with E-state index in [9.17, 15) is 9.59 Å². The van der Waals surface area contributed by atoms with Crippen molar-refractivity contribution in [3.05, 3.63) is 29.8 Å². The van der Waals surface area contributed by atoms with Crippen LogP contribution in [0, 0.1) is 5.41 Å². The summed E-state index contributed by atoms with van der Waals surface area (Å²) in [7, 11) is 0. The zero-order chi connectivity index (χ0) is 15.2. The maximum atomic E-state index is 12.4. The summed E-state index contributed by atoms with van der Waals surface area (Å²) < 4.78 is 0. The predicted octanol–water partition coefficient (Wildman–Crippen LogP) is 2.02. The monoisotopic (exact) mass is 278 g/mol. The van der Waals surface area contributed by atoms with Crippen LogP contribution in [0.3, 0.4) is 0 Å². The van der Waals surface area contributed by atoms with Crippen molar-refractivity contribution in [3.8, 4) is 0 Å². The fourth-order valence-electron chi connectivity index (χ4n) is 2.17. The number of hydrogen-bond donors (Lipinski definition) is 3. The highest BCUT2D eigenvalue weighted by Crippen LogP contribution is 2.28. The van der Waals surface area contributed by atoms with Crippen molar-refractivity contribution >= 4 is 17.6 Å². The first-order valence-corrected chi connectivity index (χ1v) is 6.80. The fourth-order valence-corrected chi connectivity index (χ4v) is 2.17. The summed E-state index contributed by atoms with van der Waals surface area (Å²) >= 11 is 0. The first-order chi connectivity index (χ1) is 9.49. The van der Waals surface area contributed by atoms with E-state index in [4.69, 9.17) is 10.8 Å². The number of hydrogen-bond acceptors (Lipinski definition) is 3. The quantitative estimate of drug-likeness (QED) is 0.711. The smallest absolute Gasteiger partial charge is 0.307 e. The molecule has 0 aliphatic heterocycles. The van der Waals surface area contributed by atoms with Crippen molar-refractivity contribution in [2.24, 2.45) is 11.1 Å². The maximum absolute atomic E-state index is 12.4. The van der Waals surface area contributed by atoms with Gasteiger partial charge in [-0.3, -0.25) is 9.59 Å². The molecule has 0 fully saturated rings. The topological polar surface area (TPSA) is 92.4 Å². The Hall–Kier alpha value is -1.88. The molecular weight excluding hydrogens is 256 g/mol.